The van der Waals surface area contributed by atoms with Crippen molar-refractivity contribution in [1.82, 2.24) is 15.1 Å². The molecule has 6 heteroatoms. The lowest BCUT2D eigenvalue weighted by atomic mass is 10.1. The van der Waals surface area contributed by atoms with Gasteiger partial charge >= 0.3 is 0 Å². The maximum absolute atomic E-state index is 12.8. The van der Waals surface area contributed by atoms with Crippen molar-refractivity contribution >= 4 is 5.91 Å². The molecular formula is C17H16FN3O2. The quantitative estimate of drug-likeness (QED) is 0.788. The van der Waals surface area contributed by atoms with Crippen molar-refractivity contribution in [2.75, 3.05) is 0 Å². The molecule has 2 heterocycles. The van der Waals surface area contributed by atoms with E-state index in [1.807, 2.05) is 25.2 Å². The Morgan fingerprint density at radius 3 is 2.70 bits per heavy atom. The molecule has 1 aromatic carbocycles. The average Bonchev–Trinajstić information content (AvgIpc) is 3.16. The SMILES string of the molecule is Cn1nccc1-c1ccc(CNC(=O)Cc2ccc(F)cc2)o1. The molecule has 0 bridgehead atoms. The minimum atomic E-state index is -0.313. The number of hydrogen-bond acceptors (Lipinski definition) is 3. The van der Waals surface area contributed by atoms with E-state index in [-0.39, 0.29) is 18.1 Å². The summed E-state index contributed by atoms with van der Waals surface area (Å²) in [5, 5.41) is 6.88. The van der Waals surface area contributed by atoms with E-state index >= 15 is 0 Å². The summed E-state index contributed by atoms with van der Waals surface area (Å²) in [5.74, 6) is 0.906. The Labute approximate surface area is 132 Å². The number of hydrogen-bond donors (Lipinski definition) is 1. The molecular weight excluding hydrogens is 297 g/mol. The lowest BCUT2D eigenvalue weighted by Gasteiger charge is -2.04. The van der Waals surface area contributed by atoms with Gasteiger partial charge in [-0.2, -0.15) is 5.10 Å². The van der Waals surface area contributed by atoms with Crippen LogP contribution in [-0.4, -0.2) is 15.7 Å². The molecule has 0 radical (unpaired) electrons. The molecule has 5 nitrogen and oxygen atoms in total. The topological polar surface area (TPSA) is 60.1 Å². The van der Waals surface area contributed by atoms with E-state index in [1.54, 1.807) is 23.0 Å². The lowest BCUT2D eigenvalue weighted by molar-refractivity contribution is -0.120. The molecule has 23 heavy (non-hydrogen) atoms. The van der Waals surface area contributed by atoms with Gasteiger partial charge in [-0.25, -0.2) is 4.39 Å². The van der Waals surface area contributed by atoms with Gasteiger partial charge in [-0.05, 0) is 35.9 Å². The monoisotopic (exact) mass is 313 g/mol. The summed E-state index contributed by atoms with van der Waals surface area (Å²) < 4.78 is 20.2. The van der Waals surface area contributed by atoms with Gasteiger partial charge in [-0.1, -0.05) is 12.1 Å². The number of carbonyl (C=O) groups excluding carboxylic acids is 1. The second-order valence-corrected chi connectivity index (χ2v) is 5.19. The molecule has 1 amide bonds. The van der Waals surface area contributed by atoms with Crippen molar-refractivity contribution in [3.63, 3.8) is 0 Å². The molecule has 0 saturated heterocycles. The molecule has 0 aliphatic carbocycles. The fourth-order valence-electron chi connectivity index (χ4n) is 2.26. The molecule has 3 aromatic rings. The number of nitrogens with zero attached hydrogens (tertiary/aromatic N) is 2. The zero-order valence-corrected chi connectivity index (χ0v) is 12.6. The summed E-state index contributed by atoms with van der Waals surface area (Å²) in [7, 11) is 1.84. The molecule has 1 N–H and O–H groups in total. The number of halogens is 1. The predicted octanol–water partition coefficient (Wildman–Crippen LogP) is 2.68. The predicted molar refractivity (Wildman–Crippen MR) is 82.9 cm³/mol. The average molecular weight is 313 g/mol. The van der Waals surface area contributed by atoms with Gasteiger partial charge in [0.25, 0.3) is 0 Å². The van der Waals surface area contributed by atoms with Crippen LogP contribution in [0.2, 0.25) is 0 Å². The highest BCUT2D eigenvalue weighted by atomic mass is 19.1. The Balaban J connectivity index is 1.56. The maximum atomic E-state index is 12.8. The minimum Gasteiger partial charge on any atom is -0.458 e. The van der Waals surface area contributed by atoms with Gasteiger partial charge in [0.1, 0.15) is 17.3 Å². The van der Waals surface area contributed by atoms with Crippen molar-refractivity contribution < 1.29 is 13.6 Å². The maximum Gasteiger partial charge on any atom is 0.224 e. The fraction of sp³-hybridized carbons (Fsp3) is 0.176. The summed E-state index contributed by atoms with van der Waals surface area (Å²) in [5.41, 5.74) is 1.63. The van der Waals surface area contributed by atoms with E-state index in [4.69, 9.17) is 4.42 Å². The van der Waals surface area contributed by atoms with Gasteiger partial charge in [0, 0.05) is 13.2 Å². The van der Waals surface area contributed by atoms with Crippen molar-refractivity contribution in [1.29, 1.82) is 0 Å². The van der Waals surface area contributed by atoms with Crippen LogP contribution < -0.4 is 5.32 Å². The summed E-state index contributed by atoms with van der Waals surface area (Å²) in [6, 6.07) is 11.4. The van der Waals surface area contributed by atoms with E-state index < -0.39 is 0 Å². The molecule has 0 spiro atoms. The summed E-state index contributed by atoms with van der Waals surface area (Å²) in [6.07, 6.45) is 1.90. The largest absolute Gasteiger partial charge is 0.458 e. The third-order valence-corrected chi connectivity index (χ3v) is 3.47. The first kappa shape index (κ1) is 15.0. The molecule has 0 aliphatic heterocycles. The number of carbonyl (C=O) groups is 1. The van der Waals surface area contributed by atoms with Crippen molar-refractivity contribution in [3.05, 3.63) is 65.8 Å². The second kappa shape index (κ2) is 6.48. The van der Waals surface area contributed by atoms with Gasteiger partial charge < -0.3 is 9.73 Å². The van der Waals surface area contributed by atoms with Crippen LogP contribution in [0.15, 0.2) is 53.1 Å². The van der Waals surface area contributed by atoms with Gasteiger partial charge in [0.2, 0.25) is 5.91 Å². The Kier molecular flexibility index (Phi) is 4.23. The number of furan rings is 1. The van der Waals surface area contributed by atoms with E-state index in [9.17, 15) is 9.18 Å². The number of benzene rings is 1. The Morgan fingerprint density at radius 1 is 1.22 bits per heavy atom. The highest BCUT2D eigenvalue weighted by Crippen LogP contribution is 2.21. The van der Waals surface area contributed by atoms with Crippen LogP contribution in [0.4, 0.5) is 4.39 Å². The molecule has 0 aliphatic rings. The third-order valence-electron chi connectivity index (χ3n) is 3.47. The molecule has 0 saturated carbocycles. The first-order valence-corrected chi connectivity index (χ1v) is 7.20. The molecule has 0 fully saturated rings. The summed E-state index contributed by atoms with van der Waals surface area (Å²) in [4.78, 5) is 11.9. The van der Waals surface area contributed by atoms with Gasteiger partial charge in [-0.3, -0.25) is 9.48 Å². The Hall–Kier alpha value is -2.89. The van der Waals surface area contributed by atoms with Crippen LogP contribution in [0.3, 0.4) is 0 Å². The van der Waals surface area contributed by atoms with Gasteiger partial charge in [0.15, 0.2) is 5.76 Å². The summed E-state index contributed by atoms with van der Waals surface area (Å²) >= 11 is 0. The molecule has 2 aromatic heterocycles. The fourth-order valence-corrected chi connectivity index (χ4v) is 2.26. The molecule has 118 valence electrons. The normalized spacial score (nSPS) is 10.7. The number of rotatable bonds is 5. The van der Waals surface area contributed by atoms with E-state index in [0.29, 0.717) is 18.1 Å². The van der Waals surface area contributed by atoms with Crippen LogP contribution in [0.5, 0.6) is 0 Å². The van der Waals surface area contributed by atoms with Crippen LogP contribution >= 0.6 is 0 Å². The number of aromatic nitrogens is 2. The standard InChI is InChI=1S/C17H16FN3O2/c1-21-15(8-9-20-21)16-7-6-14(23-16)11-19-17(22)10-12-2-4-13(18)5-3-12/h2-9H,10-11H2,1H3,(H,19,22). The first-order chi connectivity index (χ1) is 11.1. The van der Waals surface area contributed by atoms with Gasteiger partial charge in [-0.15, -0.1) is 0 Å². The van der Waals surface area contributed by atoms with E-state index in [2.05, 4.69) is 10.4 Å². The molecule has 0 unspecified atom stereocenters. The zero-order chi connectivity index (χ0) is 16.2. The summed E-state index contributed by atoms with van der Waals surface area (Å²) in [6.45, 7) is 0.303. The zero-order valence-electron chi connectivity index (χ0n) is 12.6. The number of nitrogens with one attached hydrogen (secondary N) is 1. The van der Waals surface area contributed by atoms with Crippen LogP contribution in [0.25, 0.3) is 11.5 Å². The van der Waals surface area contributed by atoms with Crippen molar-refractivity contribution in [2.24, 2.45) is 7.05 Å². The third kappa shape index (κ3) is 3.66. The highest BCUT2D eigenvalue weighted by Gasteiger charge is 2.09. The van der Waals surface area contributed by atoms with Crippen LogP contribution in [0, 0.1) is 5.82 Å². The minimum absolute atomic E-state index is 0.143. The van der Waals surface area contributed by atoms with Gasteiger partial charge in [0.05, 0.1) is 13.0 Å². The molecule has 3 rings (SSSR count). The van der Waals surface area contributed by atoms with Crippen molar-refractivity contribution in [2.45, 2.75) is 13.0 Å². The van der Waals surface area contributed by atoms with Crippen molar-refractivity contribution in [3.8, 4) is 11.5 Å². The van der Waals surface area contributed by atoms with Crippen LogP contribution in [-0.2, 0) is 24.8 Å². The van der Waals surface area contributed by atoms with E-state index in [1.165, 1.54) is 12.1 Å². The Morgan fingerprint density at radius 2 is 2.00 bits per heavy atom. The number of aryl methyl sites for hydroxylation is 1. The smallest absolute Gasteiger partial charge is 0.224 e. The first-order valence-electron chi connectivity index (χ1n) is 7.20. The Bertz CT molecular complexity index is 805. The van der Waals surface area contributed by atoms with E-state index in [0.717, 1.165) is 11.3 Å². The lowest BCUT2D eigenvalue weighted by Crippen LogP contribution is -2.24. The molecule has 0 atom stereocenters. The second-order valence-electron chi connectivity index (χ2n) is 5.19. The highest BCUT2D eigenvalue weighted by molar-refractivity contribution is 5.78. The number of amides is 1. The van der Waals surface area contributed by atoms with Crippen LogP contribution in [0.1, 0.15) is 11.3 Å².